The highest BCUT2D eigenvalue weighted by molar-refractivity contribution is 6.00. The smallest absolute Gasteiger partial charge is 0.266 e. The second-order valence-electron chi connectivity index (χ2n) is 7.95. The first-order valence-electron chi connectivity index (χ1n) is 9.96. The van der Waals surface area contributed by atoms with Gasteiger partial charge in [-0.2, -0.15) is 0 Å². The van der Waals surface area contributed by atoms with Gasteiger partial charge in [0.1, 0.15) is 5.75 Å². The van der Waals surface area contributed by atoms with Crippen LogP contribution < -0.4 is 10.1 Å². The van der Waals surface area contributed by atoms with E-state index in [9.17, 15) is 9.59 Å². The predicted molar refractivity (Wildman–Crippen MR) is 108 cm³/mol. The molecule has 1 heterocycles. The van der Waals surface area contributed by atoms with Crippen LogP contribution in [-0.4, -0.2) is 28.9 Å². The molecule has 1 aliphatic carbocycles. The van der Waals surface area contributed by atoms with Crippen molar-refractivity contribution >= 4 is 17.5 Å². The lowest BCUT2D eigenvalue weighted by Gasteiger charge is -2.28. The Kier molecular flexibility index (Phi) is 5.07. The maximum atomic E-state index is 13.0. The Morgan fingerprint density at radius 2 is 1.86 bits per heavy atom. The molecule has 0 saturated heterocycles. The lowest BCUT2D eigenvalue weighted by Crippen LogP contribution is -2.42. The molecule has 1 N–H and O–H groups in total. The lowest BCUT2D eigenvalue weighted by atomic mass is 10.0. The molecule has 1 atom stereocenters. The second kappa shape index (κ2) is 7.66. The highest BCUT2D eigenvalue weighted by atomic mass is 16.5. The Morgan fingerprint density at radius 1 is 1.14 bits per heavy atom. The van der Waals surface area contributed by atoms with Crippen LogP contribution >= 0.6 is 0 Å². The fraction of sp³-hybridized carbons (Fsp3) is 0.391. The molecule has 28 heavy (non-hydrogen) atoms. The van der Waals surface area contributed by atoms with E-state index in [1.54, 1.807) is 12.1 Å². The topological polar surface area (TPSA) is 58.6 Å². The molecule has 5 heteroatoms. The average molecular weight is 378 g/mol. The van der Waals surface area contributed by atoms with Gasteiger partial charge >= 0.3 is 0 Å². The van der Waals surface area contributed by atoms with Gasteiger partial charge in [0, 0.05) is 12.6 Å². The van der Waals surface area contributed by atoms with Gasteiger partial charge in [-0.3, -0.25) is 9.59 Å². The molecule has 2 aliphatic rings. The summed E-state index contributed by atoms with van der Waals surface area (Å²) in [5.41, 5.74) is 3.06. The molecule has 2 amide bonds. The van der Waals surface area contributed by atoms with Gasteiger partial charge in [0.25, 0.3) is 5.91 Å². The van der Waals surface area contributed by atoms with Gasteiger partial charge < -0.3 is 15.0 Å². The number of carbonyl (C=O) groups excluding carboxylic acids is 2. The Hall–Kier alpha value is -2.82. The van der Waals surface area contributed by atoms with E-state index in [1.807, 2.05) is 17.0 Å². The van der Waals surface area contributed by atoms with Crippen molar-refractivity contribution in [3.63, 3.8) is 0 Å². The number of ether oxygens (including phenoxy) is 1. The van der Waals surface area contributed by atoms with Gasteiger partial charge in [0.2, 0.25) is 5.91 Å². The van der Waals surface area contributed by atoms with E-state index in [-0.39, 0.29) is 24.3 Å². The molecule has 2 aromatic carbocycles. The van der Waals surface area contributed by atoms with E-state index in [2.05, 4.69) is 43.4 Å². The third kappa shape index (κ3) is 4.03. The fourth-order valence-electron chi connectivity index (χ4n) is 3.51. The van der Waals surface area contributed by atoms with Crippen LogP contribution in [0.2, 0.25) is 0 Å². The van der Waals surface area contributed by atoms with Crippen molar-refractivity contribution in [1.29, 1.82) is 0 Å². The summed E-state index contributed by atoms with van der Waals surface area (Å²) in [6.07, 6.45) is 1.32. The van der Waals surface area contributed by atoms with Gasteiger partial charge in [-0.15, -0.1) is 0 Å². The lowest BCUT2D eigenvalue weighted by molar-refractivity contribution is -0.138. The predicted octanol–water partition coefficient (Wildman–Crippen LogP) is 4.09. The summed E-state index contributed by atoms with van der Waals surface area (Å²) in [6, 6.07) is 16.0. The standard InChI is InChI=1S/C23H26N2O3/c1-15(2)17-9-7-16(8-10-17)14-25(18-11-12-18)22(26)13-21-23(27)24-19-5-3-4-6-20(19)28-21/h3-10,15,18,21H,11-14H2,1-2H3,(H,24,27)/t21-/m1/s1. The summed E-state index contributed by atoms with van der Waals surface area (Å²) in [7, 11) is 0. The average Bonchev–Trinajstić information content (AvgIpc) is 3.52. The normalized spacial score (nSPS) is 18.2. The highest BCUT2D eigenvalue weighted by Gasteiger charge is 2.36. The molecule has 0 spiro atoms. The number of hydrogen-bond acceptors (Lipinski definition) is 3. The first kappa shape index (κ1) is 18.5. The summed E-state index contributed by atoms with van der Waals surface area (Å²) in [5, 5.41) is 2.83. The van der Waals surface area contributed by atoms with Crippen molar-refractivity contribution in [1.82, 2.24) is 4.90 Å². The molecule has 5 nitrogen and oxygen atoms in total. The van der Waals surface area contributed by atoms with Crippen molar-refractivity contribution in [2.24, 2.45) is 0 Å². The summed E-state index contributed by atoms with van der Waals surface area (Å²) in [5.74, 6) is 0.807. The van der Waals surface area contributed by atoms with Crippen LogP contribution in [0.3, 0.4) is 0 Å². The molecule has 0 radical (unpaired) electrons. The summed E-state index contributed by atoms with van der Waals surface area (Å²) < 4.78 is 5.80. The van der Waals surface area contributed by atoms with Crippen molar-refractivity contribution in [2.45, 2.75) is 57.7 Å². The zero-order chi connectivity index (χ0) is 19.7. The first-order chi connectivity index (χ1) is 13.5. The van der Waals surface area contributed by atoms with Crippen molar-refractivity contribution < 1.29 is 14.3 Å². The maximum Gasteiger partial charge on any atom is 0.266 e. The molecule has 1 aliphatic heterocycles. The Labute approximate surface area is 165 Å². The Morgan fingerprint density at radius 3 is 2.54 bits per heavy atom. The van der Waals surface area contributed by atoms with E-state index in [0.717, 1.165) is 18.4 Å². The van der Waals surface area contributed by atoms with Gasteiger partial charge in [-0.1, -0.05) is 50.2 Å². The number of carbonyl (C=O) groups is 2. The van der Waals surface area contributed by atoms with Crippen molar-refractivity contribution in [2.75, 3.05) is 5.32 Å². The molecule has 0 bridgehead atoms. The number of rotatable bonds is 6. The number of nitrogens with one attached hydrogen (secondary N) is 1. The third-order valence-electron chi connectivity index (χ3n) is 5.37. The molecule has 0 aromatic heterocycles. The van der Waals surface area contributed by atoms with Crippen LogP contribution in [0.25, 0.3) is 0 Å². The minimum atomic E-state index is -0.785. The van der Waals surface area contributed by atoms with E-state index < -0.39 is 6.10 Å². The Bertz CT molecular complexity index is 872. The van der Waals surface area contributed by atoms with Crippen molar-refractivity contribution in [3.05, 3.63) is 59.7 Å². The number of para-hydroxylation sites is 2. The minimum Gasteiger partial charge on any atom is -0.478 e. The van der Waals surface area contributed by atoms with Crippen LogP contribution in [0.4, 0.5) is 5.69 Å². The van der Waals surface area contributed by atoms with Gasteiger partial charge in [-0.25, -0.2) is 0 Å². The van der Waals surface area contributed by atoms with Gasteiger partial charge in [0.05, 0.1) is 12.1 Å². The summed E-state index contributed by atoms with van der Waals surface area (Å²) in [4.78, 5) is 27.3. The van der Waals surface area contributed by atoms with E-state index >= 15 is 0 Å². The third-order valence-corrected chi connectivity index (χ3v) is 5.37. The van der Waals surface area contributed by atoms with E-state index in [0.29, 0.717) is 23.9 Å². The molecule has 0 unspecified atom stereocenters. The molecule has 146 valence electrons. The summed E-state index contributed by atoms with van der Waals surface area (Å²) in [6.45, 7) is 4.91. The largest absolute Gasteiger partial charge is 0.478 e. The summed E-state index contributed by atoms with van der Waals surface area (Å²) >= 11 is 0. The SMILES string of the molecule is CC(C)c1ccc(CN(C(=O)C[C@H]2Oc3ccccc3NC2=O)C2CC2)cc1. The number of fused-ring (bicyclic) bond motifs is 1. The van der Waals surface area contributed by atoms with Gasteiger partial charge in [-0.05, 0) is 42.0 Å². The molecule has 4 rings (SSSR count). The van der Waals surface area contributed by atoms with Crippen molar-refractivity contribution in [3.8, 4) is 5.75 Å². The molecular formula is C23H26N2O3. The van der Waals surface area contributed by atoms with Crippen LogP contribution in [0, 0.1) is 0 Å². The number of anilines is 1. The zero-order valence-electron chi connectivity index (χ0n) is 16.4. The molecular weight excluding hydrogens is 352 g/mol. The van der Waals surface area contributed by atoms with Gasteiger partial charge in [0.15, 0.2) is 6.10 Å². The molecule has 1 fully saturated rings. The number of hydrogen-bond donors (Lipinski definition) is 1. The highest BCUT2D eigenvalue weighted by Crippen LogP contribution is 2.32. The van der Waals surface area contributed by atoms with E-state index in [1.165, 1.54) is 5.56 Å². The number of amides is 2. The van der Waals surface area contributed by atoms with E-state index in [4.69, 9.17) is 4.74 Å². The Balaban J connectivity index is 1.44. The van der Waals surface area contributed by atoms with Crippen LogP contribution in [0.5, 0.6) is 5.75 Å². The first-order valence-corrected chi connectivity index (χ1v) is 9.96. The second-order valence-corrected chi connectivity index (χ2v) is 7.95. The van der Waals surface area contributed by atoms with Crippen LogP contribution in [-0.2, 0) is 16.1 Å². The quantitative estimate of drug-likeness (QED) is 0.824. The maximum absolute atomic E-state index is 13.0. The van der Waals surface area contributed by atoms with Crippen LogP contribution in [0.15, 0.2) is 48.5 Å². The molecule has 2 aromatic rings. The zero-order valence-corrected chi connectivity index (χ0v) is 16.4. The number of nitrogens with zero attached hydrogens (tertiary/aromatic N) is 1. The minimum absolute atomic E-state index is 0.0324. The van der Waals surface area contributed by atoms with Crippen LogP contribution in [0.1, 0.15) is 50.2 Å². The number of benzene rings is 2. The fourth-order valence-corrected chi connectivity index (χ4v) is 3.51. The monoisotopic (exact) mass is 378 g/mol. The molecule has 1 saturated carbocycles.